The number of H-pyrrole nitrogens is 1. The van der Waals surface area contributed by atoms with Gasteiger partial charge >= 0.3 is 0 Å². The van der Waals surface area contributed by atoms with E-state index in [4.69, 9.17) is 0 Å². The molecule has 3 aromatic heterocycles. The van der Waals surface area contributed by atoms with E-state index in [1.165, 1.54) is 6.07 Å². The van der Waals surface area contributed by atoms with Gasteiger partial charge in [-0.1, -0.05) is 0 Å². The van der Waals surface area contributed by atoms with Crippen molar-refractivity contribution in [2.45, 2.75) is 6.54 Å². The molecule has 3 aromatic rings. The third kappa shape index (κ3) is 2.00. The van der Waals surface area contributed by atoms with Crippen LogP contribution in [-0.4, -0.2) is 19.9 Å². The summed E-state index contributed by atoms with van der Waals surface area (Å²) < 4.78 is 13.4. The Labute approximate surface area is 102 Å². The zero-order valence-corrected chi connectivity index (χ0v) is 9.39. The van der Waals surface area contributed by atoms with Crippen molar-refractivity contribution in [1.29, 1.82) is 0 Å². The molecule has 5 nitrogen and oxygen atoms in total. The Hall–Kier alpha value is -2.50. The SMILES string of the molecule is Fc1cccnc1CNc1cnc2[nH]ccc2n1. The molecule has 0 aliphatic carbocycles. The Bertz CT molecular complexity index is 679. The smallest absolute Gasteiger partial charge is 0.156 e. The van der Waals surface area contributed by atoms with Crippen molar-refractivity contribution >= 4 is 17.0 Å². The maximum absolute atomic E-state index is 13.4. The average Bonchev–Trinajstić information content (AvgIpc) is 2.85. The number of nitrogens with zero attached hydrogens (tertiary/aromatic N) is 3. The Kier molecular flexibility index (Phi) is 2.60. The van der Waals surface area contributed by atoms with E-state index in [-0.39, 0.29) is 12.4 Å². The highest BCUT2D eigenvalue weighted by atomic mass is 19.1. The van der Waals surface area contributed by atoms with Crippen molar-refractivity contribution in [3.8, 4) is 0 Å². The largest absolute Gasteiger partial charge is 0.363 e. The van der Waals surface area contributed by atoms with Gasteiger partial charge in [-0.05, 0) is 18.2 Å². The molecule has 0 fully saturated rings. The van der Waals surface area contributed by atoms with Gasteiger partial charge in [0.05, 0.1) is 18.4 Å². The second-order valence-corrected chi connectivity index (χ2v) is 3.75. The van der Waals surface area contributed by atoms with E-state index in [2.05, 4.69) is 25.3 Å². The molecule has 18 heavy (non-hydrogen) atoms. The van der Waals surface area contributed by atoms with Gasteiger partial charge in [-0.2, -0.15) is 0 Å². The lowest BCUT2D eigenvalue weighted by Crippen LogP contribution is -2.05. The number of hydrogen-bond acceptors (Lipinski definition) is 4. The molecule has 90 valence electrons. The minimum absolute atomic E-state index is 0.275. The number of aromatic amines is 1. The van der Waals surface area contributed by atoms with E-state index in [1.807, 2.05) is 6.07 Å². The van der Waals surface area contributed by atoms with Crippen LogP contribution in [0.1, 0.15) is 5.69 Å². The van der Waals surface area contributed by atoms with Crippen LogP contribution in [0.5, 0.6) is 0 Å². The van der Waals surface area contributed by atoms with Crippen LogP contribution in [-0.2, 0) is 6.54 Å². The van der Waals surface area contributed by atoms with Crippen molar-refractivity contribution in [2.24, 2.45) is 0 Å². The lowest BCUT2D eigenvalue weighted by atomic mass is 10.3. The first-order chi connectivity index (χ1) is 8.83. The quantitative estimate of drug-likeness (QED) is 0.739. The molecule has 0 radical (unpaired) electrons. The van der Waals surface area contributed by atoms with Gasteiger partial charge in [0.15, 0.2) is 5.65 Å². The zero-order chi connectivity index (χ0) is 12.4. The summed E-state index contributed by atoms with van der Waals surface area (Å²) in [6.45, 7) is 0.275. The van der Waals surface area contributed by atoms with Crippen LogP contribution >= 0.6 is 0 Å². The molecule has 2 N–H and O–H groups in total. The third-order valence-electron chi connectivity index (χ3n) is 2.53. The summed E-state index contributed by atoms with van der Waals surface area (Å²) in [4.78, 5) is 15.4. The molecule has 0 saturated carbocycles. The monoisotopic (exact) mass is 243 g/mol. The van der Waals surface area contributed by atoms with Crippen molar-refractivity contribution in [1.82, 2.24) is 19.9 Å². The molecule has 0 spiro atoms. The molecular weight excluding hydrogens is 233 g/mol. The van der Waals surface area contributed by atoms with Crippen molar-refractivity contribution < 1.29 is 4.39 Å². The van der Waals surface area contributed by atoms with Crippen LogP contribution in [0.3, 0.4) is 0 Å². The minimum atomic E-state index is -0.333. The van der Waals surface area contributed by atoms with Crippen LogP contribution in [0.2, 0.25) is 0 Å². The summed E-state index contributed by atoms with van der Waals surface area (Å²) >= 11 is 0. The van der Waals surface area contributed by atoms with Crippen molar-refractivity contribution in [3.63, 3.8) is 0 Å². The Morgan fingerprint density at radius 1 is 1.28 bits per heavy atom. The molecule has 0 aliphatic heterocycles. The normalized spacial score (nSPS) is 10.7. The number of pyridine rings is 1. The molecular formula is C12H10FN5. The van der Waals surface area contributed by atoms with Crippen LogP contribution in [0.4, 0.5) is 10.2 Å². The second-order valence-electron chi connectivity index (χ2n) is 3.75. The molecule has 0 amide bonds. The molecule has 0 atom stereocenters. The predicted molar refractivity (Wildman–Crippen MR) is 65.4 cm³/mol. The fourth-order valence-electron chi connectivity index (χ4n) is 1.64. The molecule has 6 heteroatoms. The van der Waals surface area contributed by atoms with E-state index in [9.17, 15) is 4.39 Å². The van der Waals surface area contributed by atoms with Gasteiger partial charge < -0.3 is 10.3 Å². The van der Waals surface area contributed by atoms with Gasteiger partial charge in [0.1, 0.15) is 17.2 Å². The highest BCUT2D eigenvalue weighted by Crippen LogP contribution is 2.11. The number of hydrogen-bond donors (Lipinski definition) is 2. The highest BCUT2D eigenvalue weighted by Gasteiger charge is 2.04. The number of rotatable bonds is 3. The number of anilines is 1. The number of halogens is 1. The number of fused-ring (bicyclic) bond motifs is 1. The molecule has 0 aromatic carbocycles. The van der Waals surface area contributed by atoms with Crippen molar-refractivity contribution in [2.75, 3.05) is 5.32 Å². The lowest BCUT2D eigenvalue weighted by molar-refractivity contribution is 0.602. The van der Waals surface area contributed by atoms with Gasteiger partial charge in [-0.25, -0.2) is 14.4 Å². The first kappa shape index (κ1) is 10.6. The highest BCUT2D eigenvalue weighted by molar-refractivity contribution is 5.71. The van der Waals surface area contributed by atoms with E-state index in [1.54, 1.807) is 24.7 Å². The molecule has 0 unspecified atom stereocenters. The van der Waals surface area contributed by atoms with Crippen LogP contribution in [0.15, 0.2) is 36.8 Å². The molecule has 3 rings (SSSR count). The number of aromatic nitrogens is 4. The lowest BCUT2D eigenvalue weighted by Gasteiger charge is -2.05. The molecule has 0 bridgehead atoms. The minimum Gasteiger partial charge on any atom is -0.363 e. The second kappa shape index (κ2) is 4.40. The Morgan fingerprint density at radius 2 is 2.22 bits per heavy atom. The van der Waals surface area contributed by atoms with Gasteiger partial charge in [-0.15, -0.1) is 0 Å². The Morgan fingerprint density at radius 3 is 3.11 bits per heavy atom. The summed E-state index contributed by atoms with van der Waals surface area (Å²) in [6, 6.07) is 4.77. The van der Waals surface area contributed by atoms with E-state index < -0.39 is 0 Å². The summed E-state index contributed by atoms with van der Waals surface area (Å²) in [5.74, 6) is 0.257. The predicted octanol–water partition coefficient (Wildman–Crippen LogP) is 2.10. The zero-order valence-electron chi connectivity index (χ0n) is 9.39. The fraction of sp³-hybridized carbons (Fsp3) is 0.0833. The van der Waals surface area contributed by atoms with E-state index in [0.29, 0.717) is 11.5 Å². The molecule has 0 saturated heterocycles. The average molecular weight is 243 g/mol. The van der Waals surface area contributed by atoms with Crippen LogP contribution in [0.25, 0.3) is 11.2 Å². The molecule has 0 aliphatic rings. The van der Waals surface area contributed by atoms with E-state index >= 15 is 0 Å². The summed E-state index contributed by atoms with van der Waals surface area (Å²) in [6.07, 6.45) is 4.92. The fourth-order valence-corrected chi connectivity index (χ4v) is 1.64. The summed E-state index contributed by atoms with van der Waals surface area (Å²) in [5.41, 5.74) is 1.85. The topological polar surface area (TPSA) is 66.5 Å². The van der Waals surface area contributed by atoms with Crippen LogP contribution < -0.4 is 5.32 Å². The standard InChI is InChI=1S/C12H10FN5/c13-8-2-1-4-14-10(8)6-16-11-7-17-12-9(18-11)3-5-15-12/h1-5,7H,6H2,(H,15,17)(H,16,18). The van der Waals surface area contributed by atoms with E-state index in [0.717, 1.165) is 11.2 Å². The van der Waals surface area contributed by atoms with Gasteiger partial charge in [-0.3, -0.25) is 4.98 Å². The summed E-state index contributed by atoms with van der Waals surface area (Å²) in [5, 5.41) is 2.99. The first-order valence-electron chi connectivity index (χ1n) is 5.46. The van der Waals surface area contributed by atoms with Gasteiger partial charge in [0.2, 0.25) is 0 Å². The third-order valence-corrected chi connectivity index (χ3v) is 2.53. The first-order valence-corrected chi connectivity index (χ1v) is 5.46. The van der Waals surface area contributed by atoms with Crippen LogP contribution in [0, 0.1) is 5.82 Å². The van der Waals surface area contributed by atoms with Gasteiger partial charge in [0, 0.05) is 12.4 Å². The summed E-state index contributed by atoms with van der Waals surface area (Å²) in [7, 11) is 0. The number of nitrogens with one attached hydrogen (secondary N) is 2. The maximum atomic E-state index is 13.4. The Balaban J connectivity index is 1.78. The molecule has 3 heterocycles. The van der Waals surface area contributed by atoms with Crippen molar-refractivity contribution in [3.05, 3.63) is 48.3 Å². The maximum Gasteiger partial charge on any atom is 0.156 e. The van der Waals surface area contributed by atoms with Gasteiger partial charge in [0.25, 0.3) is 0 Å².